The second-order valence-electron chi connectivity index (χ2n) is 12.2. The highest BCUT2D eigenvalue weighted by molar-refractivity contribution is 5.90. The Morgan fingerprint density at radius 1 is 0.696 bits per heavy atom. The zero-order valence-corrected chi connectivity index (χ0v) is 26.0. The number of fused-ring (bicyclic) bond motifs is 2. The molecule has 4 heteroatoms. The van der Waals surface area contributed by atoms with Gasteiger partial charge in [0.05, 0.1) is 22.6 Å². The number of hydrogen-bond acceptors (Lipinski definition) is 4. The van der Waals surface area contributed by atoms with Crippen molar-refractivity contribution in [2.24, 2.45) is 5.92 Å². The Labute approximate surface area is 270 Å². The molecule has 4 nitrogen and oxygen atoms in total. The van der Waals surface area contributed by atoms with Gasteiger partial charge in [-0.1, -0.05) is 103 Å². The number of benzene rings is 3. The Kier molecular flexibility index (Phi) is 7.47. The van der Waals surface area contributed by atoms with Crippen LogP contribution in [0.1, 0.15) is 48.2 Å². The first-order valence-electron chi connectivity index (χ1n) is 16.3. The molecule has 0 N–H and O–H groups in total. The normalized spacial score (nSPS) is 17.0. The minimum Gasteiger partial charge on any atom is -0.456 e. The highest BCUT2D eigenvalue weighted by Gasteiger charge is 2.21. The fourth-order valence-corrected chi connectivity index (χ4v) is 6.68. The van der Waals surface area contributed by atoms with Crippen molar-refractivity contribution in [3.05, 3.63) is 149 Å². The van der Waals surface area contributed by atoms with E-state index in [1.807, 2.05) is 48.5 Å². The van der Waals surface area contributed by atoms with Crippen LogP contribution in [-0.4, -0.2) is 15.0 Å². The van der Waals surface area contributed by atoms with Gasteiger partial charge in [0.1, 0.15) is 11.5 Å². The number of pyridine rings is 1. The molecular weight excluding hydrogens is 562 g/mol. The predicted octanol–water partition coefficient (Wildman–Crippen LogP) is 10.7. The van der Waals surface area contributed by atoms with Gasteiger partial charge < -0.3 is 4.74 Å². The van der Waals surface area contributed by atoms with E-state index in [0.717, 1.165) is 99.7 Å². The molecule has 2 heterocycles. The van der Waals surface area contributed by atoms with Gasteiger partial charge in [0, 0.05) is 33.6 Å². The van der Waals surface area contributed by atoms with Crippen molar-refractivity contribution < 1.29 is 4.74 Å². The van der Waals surface area contributed by atoms with Gasteiger partial charge in [-0.05, 0) is 74.4 Å². The van der Waals surface area contributed by atoms with Crippen LogP contribution in [0, 0.1) is 12.8 Å². The molecule has 0 radical (unpaired) electrons. The van der Waals surface area contributed by atoms with Crippen LogP contribution in [-0.2, 0) is 6.42 Å². The lowest BCUT2D eigenvalue weighted by molar-refractivity contribution is 0.484. The van der Waals surface area contributed by atoms with Gasteiger partial charge in [-0.15, -0.1) is 0 Å². The number of para-hydroxylation sites is 2. The monoisotopic (exact) mass is 597 g/mol. The van der Waals surface area contributed by atoms with Crippen molar-refractivity contribution in [2.75, 3.05) is 0 Å². The minimum absolute atomic E-state index is 0.436. The van der Waals surface area contributed by atoms with Crippen molar-refractivity contribution in [2.45, 2.75) is 39.0 Å². The number of aromatic nitrogens is 3. The smallest absolute Gasteiger partial charge is 0.160 e. The van der Waals surface area contributed by atoms with Gasteiger partial charge in [0.2, 0.25) is 0 Å². The lowest BCUT2D eigenvalue weighted by Crippen LogP contribution is -2.09. The second-order valence-corrected chi connectivity index (χ2v) is 12.2. The summed E-state index contributed by atoms with van der Waals surface area (Å²) in [6, 6.07) is 26.6. The van der Waals surface area contributed by atoms with Gasteiger partial charge in [-0.3, -0.25) is 0 Å². The summed E-state index contributed by atoms with van der Waals surface area (Å²) in [6.07, 6.45) is 23.6. The van der Waals surface area contributed by atoms with E-state index in [2.05, 4.69) is 85.9 Å². The summed E-state index contributed by atoms with van der Waals surface area (Å²) in [5, 5.41) is 0.998. The summed E-state index contributed by atoms with van der Waals surface area (Å²) in [7, 11) is 0. The molecule has 5 aromatic rings. The van der Waals surface area contributed by atoms with Crippen LogP contribution in [0.15, 0.2) is 127 Å². The van der Waals surface area contributed by atoms with Crippen molar-refractivity contribution in [3.8, 4) is 34.1 Å². The van der Waals surface area contributed by atoms with Crippen LogP contribution in [0.5, 0.6) is 11.5 Å². The Morgan fingerprint density at radius 3 is 2.30 bits per heavy atom. The highest BCUT2D eigenvalue weighted by atomic mass is 16.5. The molecular formula is C42H35N3O. The van der Waals surface area contributed by atoms with Gasteiger partial charge >= 0.3 is 0 Å². The first-order chi connectivity index (χ1) is 22.7. The molecule has 8 rings (SSSR count). The average molecular weight is 598 g/mol. The van der Waals surface area contributed by atoms with E-state index in [9.17, 15) is 0 Å². The quantitative estimate of drug-likeness (QED) is 0.195. The van der Waals surface area contributed by atoms with E-state index in [-0.39, 0.29) is 0 Å². The Hall–Kier alpha value is -5.35. The van der Waals surface area contributed by atoms with Gasteiger partial charge in [0.25, 0.3) is 0 Å². The topological polar surface area (TPSA) is 47.9 Å². The lowest BCUT2D eigenvalue weighted by atomic mass is 9.85. The third kappa shape index (κ3) is 5.41. The molecule has 1 atom stereocenters. The summed E-state index contributed by atoms with van der Waals surface area (Å²) in [4.78, 5) is 15.4. The Morgan fingerprint density at radius 2 is 1.50 bits per heavy atom. The third-order valence-electron chi connectivity index (χ3n) is 9.14. The summed E-state index contributed by atoms with van der Waals surface area (Å²) in [5.41, 5.74) is 10.7. The zero-order chi connectivity index (χ0) is 30.9. The molecule has 0 aliphatic heterocycles. The van der Waals surface area contributed by atoms with E-state index >= 15 is 0 Å². The maximum atomic E-state index is 6.46. The molecule has 3 aliphatic carbocycles. The Bertz CT molecular complexity index is 2100. The third-order valence-corrected chi connectivity index (χ3v) is 9.14. The molecule has 0 saturated heterocycles. The maximum absolute atomic E-state index is 6.46. The molecule has 224 valence electrons. The predicted molar refractivity (Wildman–Crippen MR) is 188 cm³/mol. The molecule has 0 amide bonds. The average Bonchev–Trinajstić information content (AvgIpc) is 3.13. The summed E-state index contributed by atoms with van der Waals surface area (Å²) < 4.78 is 6.46. The number of hydrogen-bond donors (Lipinski definition) is 0. The van der Waals surface area contributed by atoms with Crippen LogP contribution in [0.3, 0.4) is 0 Å². The Balaban J connectivity index is 1.14. The number of ether oxygens (including phenoxy) is 1. The molecule has 1 unspecified atom stereocenters. The summed E-state index contributed by atoms with van der Waals surface area (Å²) in [5.74, 6) is 2.84. The van der Waals surface area contributed by atoms with Crippen molar-refractivity contribution in [1.82, 2.24) is 15.0 Å². The molecule has 3 aliphatic rings. The van der Waals surface area contributed by atoms with E-state index in [0.29, 0.717) is 5.92 Å². The van der Waals surface area contributed by atoms with Crippen LogP contribution < -0.4 is 4.74 Å². The molecule has 0 bridgehead atoms. The van der Waals surface area contributed by atoms with Gasteiger partial charge in [-0.2, -0.15) is 0 Å². The van der Waals surface area contributed by atoms with Crippen molar-refractivity contribution >= 4 is 22.6 Å². The molecule has 3 aromatic carbocycles. The first kappa shape index (κ1) is 28.1. The fourth-order valence-electron chi connectivity index (χ4n) is 6.68. The van der Waals surface area contributed by atoms with Crippen LogP contribution in [0.4, 0.5) is 0 Å². The first-order valence-corrected chi connectivity index (χ1v) is 16.3. The van der Waals surface area contributed by atoms with Crippen LogP contribution in [0.2, 0.25) is 0 Å². The number of aryl methyl sites for hydroxylation is 1. The van der Waals surface area contributed by atoms with E-state index in [1.165, 1.54) is 11.1 Å². The molecule has 2 aromatic heterocycles. The summed E-state index contributed by atoms with van der Waals surface area (Å²) >= 11 is 0. The minimum atomic E-state index is 0.436. The van der Waals surface area contributed by atoms with Crippen molar-refractivity contribution in [1.29, 1.82) is 0 Å². The van der Waals surface area contributed by atoms with Crippen LogP contribution in [0.25, 0.3) is 45.2 Å². The second kappa shape index (κ2) is 12.2. The van der Waals surface area contributed by atoms with Crippen molar-refractivity contribution in [3.63, 3.8) is 0 Å². The maximum Gasteiger partial charge on any atom is 0.160 e. The summed E-state index contributed by atoms with van der Waals surface area (Å²) in [6.45, 7) is 2.09. The van der Waals surface area contributed by atoms with Crippen LogP contribution >= 0.6 is 0 Å². The molecule has 0 saturated carbocycles. The number of allylic oxidation sites excluding steroid dienone is 9. The molecule has 46 heavy (non-hydrogen) atoms. The molecule has 0 fully saturated rings. The van der Waals surface area contributed by atoms with Gasteiger partial charge in [-0.25, -0.2) is 15.0 Å². The largest absolute Gasteiger partial charge is 0.456 e. The lowest BCUT2D eigenvalue weighted by Gasteiger charge is -2.21. The van der Waals surface area contributed by atoms with E-state index < -0.39 is 0 Å². The van der Waals surface area contributed by atoms with E-state index in [1.54, 1.807) is 0 Å². The highest BCUT2D eigenvalue weighted by Crippen LogP contribution is 2.39. The number of nitrogens with zero attached hydrogens (tertiary/aromatic N) is 3. The fraction of sp³-hybridized carbons (Fsp3) is 0.167. The number of rotatable bonds is 6. The van der Waals surface area contributed by atoms with E-state index in [4.69, 9.17) is 19.7 Å². The standard InChI is InChI=1S/C42H35N3O/c1-28-39(43-38-19-11-9-17-36(38)41(28)46-34-14-6-3-7-15-34)31-24-26-33(27-25-31)42-44-37-18-10-8-16-35(37)40(45-42)32-22-20-30(21-23-32)29-12-4-2-5-13-29/h3-4,6-9,11-17,19-20,22-27,30H,2,5,10,18,21H2,1H3. The molecule has 0 spiro atoms. The SMILES string of the molecule is Cc1c(-c2ccc(-c3nc4c(c(C5=CCC(C6=CCCC=C6)C=C5)n3)C=CCC4)cc2)nc2ccccc2c1Oc1ccccc1. The van der Waals surface area contributed by atoms with Gasteiger partial charge in [0.15, 0.2) is 5.82 Å². The zero-order valence-electron chi connectivity index (χ0n) is 26.0.